The third-order valence-corrected chi connectivity index (χ3v) is 6.11. The molecule has 0 aliphatic carbocycles. The topological polar surface area (TPSA) is 179 Å². The first-order chi connectivity index (χ1) is 15.3. The van der Waals surface area contributed by atoms with Crippen molar-refractivity contribution in [1.29, 1.82) is 0 Å². The van der Waals surface area contributed by atoms with E-state index in [0.717, 1.165) is 44.3 Å². The van der Waals surface area contributed by atoms with Gasteiger partial charge in [0.1, 0.15) is 48.8 Å². The molecule has 0 radical (unpaired) electrons. The van der Waals surface area contributed by atoms with E-state index in [0.29, 0.717) is 0 Å². The summed E-state index contributed by atoms with van der Waals surface area (Å²) in [5, 5.41) is 69.9. The van der Waals surface area contributed by atoms with Gasteiger partial charge in [-0.05, 0) is 18.6 Å². The summed E-state index contributed by atoms with van der Waals surface area (Å²) >= 11 is 4.18. The van der Waals surface area contributed by atoms with Crippen molar-refractivity contribution in [3.05, 3.63) is 0 Å². The van der Waals surface area contributed by atoms with Gasteiger partial charge < -0.3 is 54.7 Å². The summed E-state index contributed by atoms with van der Waals surface area (Å²) in [4.78, 5) is 0. The highest BCUT2D eigenvalue weighted by molar-refractivity contribution is 7.80. The Morgan fingerprint density at radius 1 is 0.625 bits per heavy atom. The predicted molar refractivity (Wildman–Crippen MR) is 114 cm³/mol. The number of thiol groups is 1. The van der Waals surface area contributed by atoms with E-state index >= 15 is 0 Å². The minimum atomic E-state index is -1.70. The molecule has 2 rings (SSSR count). The van der Waals surface area contributed by atoms with Crippen LogP contribution in [0.15, 0.2) is 0 Å². The fourth-order valence-electron chi connectivity index (χ4n) is 3.81. The summed E-state index contributed by atoms with van der Waals surface area (Å²) in [6, 6.07) is 0. The Morgan fingerprint density at radius 2 is 1.19 bits per heavy atom. The van der Waals surface area contributed by atoms with Crippen LogP contribution in [0.25, 0.3) is 0 Å². The van der Waals surface area contributed by atoms with Gasteiger partial charge in [-0.3, -0.25) is 0 Å². The zero-order valence-corrected chi connectivity index (χ0v) is 18.9. The molecule has 7 N–H and O–H groups in total. The zero-order chi connectivity index (χ0) is 23.7. The Labute approximate surface area is 193 Å². The Morgan fingerprint density at radius 3 is 1.81 bits per heavy atom. The van der Waals surface area contributed by atoms with E-state index in [9.17, 15) is 35.7 Å². The Bertz CT molecular complexity index is 514. The second kappa shape index (κ2) is 14.3. The molecule has 0 aromatic heterocycles. The van der Waals surface area contributed by atoms with Gasteiger partial charge in [0.2, 0.25) is 0 Å². The Hall–Kier alpha value is -0.0900. The highest BCUT2D eigenvalue weighted by Crippen LogP contribution is 2.29. The van der Waals surface area contributed by atoms with Gasteiger partial charge in [-0.25, -0.2) is 0 Å². The van der Waals surface area contributed by atoms with E-state index in [1.165, 1.54) is 0 Å². The molecular formula is C20H38O11S. The molecule has 190 valence electrons. The number of hydrogen-bond donors (Lipinski definition) is 8. The summed E-state index contributed by atoms with van der Waals surface area (Å²) in [6.45, 7) is -0.938. The van der Waals surface area contributed by atoms with E-state index in [1.54, 1.807) is 0 Å². The lowest BCUT2D eigenvalue weighted by Gasteiger charge is -2.45. The van der Waals surface area contributed by atoms with Crippen molar-refractivity contribution in [1.82, 2.24) is 0 Å². The molecule has 12 heteroatoms. The van der Waals surface area contributed by atoms with Gasteiger partial charge in [-0.15, -0.1) is 0 Å². The molecule has 0 spiro atoms. The molecule has 2 heterocycles. The van der Waals surface area contributed by atoms with Crippen LogP contribution < -0.4 is 0 Å². The first-order valence-electron chi connectivity index (χ1n) is 11.2. The second-order valence-corrected chi connectivity index (χ2v) is 8.67. The van der Waals surface area contributed by atoms with Crippen molar-refractivity contribution >= 4 is 12.6 Å². The average Bonchev–Trinajstić information content (AvgIpc) is 2.79. The van der Waals surface area contributed by atoms with Crippen LogP contribution in [0.3, 0.4) is 0 Å². The molecule has 0 aromatic rings. The minimum Gasteiger partial charge on any atom is -0.394 e. The van der Waals surface area contributed by atoms with Gasteiger partial charge in [-0.1, -0.05) is 25.7 Å². The molecule has 0 saturated carbocycles. The third-order valence-electron chi connectivity index (χ3n) is 5.80. The minimum absolute atomic E-state index is 0.287. The van der Waals surface area contributed by atoms with Crippen molar-refractivity contribution in [2.45, 2.75) is 99.9 Å². The van der Waals surface area contributed by atoms with Crippen LogP contribution in [-0.4, -0.2) is 123 Å². The normalized spacial score (nSPS) is 40.5. The molecule has 32 heavy (non-hydrogen) atoms. The van der Waals surface area contributed by atoms with E-state index in [4.69, 9.17) is 18.9 Å². The summed E-state index contributed by atoms with van der Waals surface area (Å²) in [6.07, 6.45) is -8.38. The molecule has 0 amide bonds. The maximum Gasteiger partial charge on any atom is 0.187 e. The zero-order valence-electron chi connectivity index (χ0n) is 18.1. The van der Waals surface area contributed by atoms with Gasteiger partial charge in [0, 0.05) is 6.61 Å². The lowest BCUT2D eigenvalue weighted by Crippen LogP contribution is -2.64. The molecule has 11 nitrogen and oxygen atoms in total. The Kier molecular flexibility index (Phi) is 12.6. The van der Waals surface area contributed by atoms with Crippen molar-refractivity contribution in [2.24, 2.45) is 0 Å². The van der Waals surface area contributed by atoms with E-state index in [1.807, 2.05) is 0 Å². The quantitative estimate of drug-likeness (QED) is 0.106. The molecule has 2 fully saturated rings. The highest BCUT2D eigenvalue weighted by atomic mass is 32.1. The number of aliphatic hydroxyl groups excluding tert-OH is 7. The highest BCUT2D eigenvalue weighted by Gasteiger charge is 2.50. The number of aliphatic hydroxyl groups is 7. The molecular weight excluding hydrogens is 448 g/mol. The maximum atomic E-state index is 10.6. The summed E-state index contributed by atoms with van der Waals surface area (Å²) in [7, 11) is 0. The lowest BCUT2D eigenvalue weighted by molar-refractivity contribution is -0.360. The average molecular weight is 487 g/mol. The van der Waals surface area contributed by atoms with Crippen LogP contribution in [0.4, 0.5) is 0 Å². The van der Waals surface area contributed by atoms with Gasteiger partial charge in [-0.2, -0.15) is 12.6 Å². The first kappa shape index (κ1) is 28.1. The van der Waals surface area contributed by atoms with Gasteiger partial charge >= 0.3 is 0 Å². The van der Waals surface area contributed by atoms with Crippen molar-refractivity contribution < 1.29 is 54.7 Å². The van der Waals surface area contributed by atoms with E-state index in [-0.39, 0.29) is 6.61 Å². The first-order valence-corrected chi connectivity index (χ1v) is 11.8. The molecule has 0 unspecified atom stereocenters. The van der Waals surface area contributed by atoms with Crippen LogP contribution >= 0.6 is 12.6 Å². The molecule has 10 atom stereocenters. The van der Waals surface area contributed by atoms with Crippen LogP contribution in [-0.2, 0) is 18.9 Å². The van der Waals surface area contributed by atoms with Gasteiger partial charge in [0.15, 0.2) is 12.6 Å². The molecule has 2 aliphatic heterocycles. The van der Waals surface area contributed by atoms with Crippen molar-refractivity contribution in [2.75, 3.05) is 25.6 Å². The molecule has 2 aliphatic rings. The van der Waals surface area contributed by atoms with Crippen molar-refractivity contribution in [3.63, 3.8) is 0 Å². The summed E-state index contributed by atoms with van der Waals surface area (Å²) in [5.74, 6) is 0.879. The van der Waals surface area contributed by atoms with Crippen LogP contribution in [0.1, 0.15) is 38.5 Å². The van der Waals surface area contributed by atoms with Gasteiger partial charge in [0.05, 0.1) is 13.2 Å². The second-order valence-electron chi connectivity index (χ2n) is 8.22. The fraction of sp³-hybridized carbons (Fsp3) is 1.00. The molecule has 0 bridgehead atoms. The molecule has 0 aromatic carbocycles. The number of ether oxygens (including phenoxy) is 4. The smallest absolute Gasteiger partial charge is 0.187 e. The Balaban J connectivity index is 1.91. The third kappa shape index (κ3) is 7.45. The van der Waals surface area contributed by atoms with E-state index < -0.39 is 74.6 Å². The van der Waals surface area contributed by atoms with E-state index in [2.05, 4.69) is 12.6 Å². The number of unbranched alkanes of at least 4 members (excludes halogenated alkanes) is 5. The van der Waals surface area contributed by atoms with Crippen molar-refractivity contribution in [3.8, 4) is 0 Å². The largest absolute Gasteiger partial charge is 0.394 e. The summed E-state index contributed by atoms with van der Waals surface area (Å²) in [5.41, 5.74) is 0. The monoisotopic (exact) mass is 486 g/mol. The predicted octanol–water partition coefficient (Wildman–Crippen LogP) is -2.10. The van der Waals surface area contributed by atoms with Crippen LogP contribution in [0, 0.1) is 0 Å². The lowest BCUT2D eigenvalue weighted by atomic mass is 9.97. The number of hydrogen-bond acceptors (Lipinski definition) is 12. The standard InChI is InChI=1S/C20H38O11S/c21-9-11-13(23)15(25)16(26)20(30-11)31-18-14(24)12(10-22)29-19(17(18)27)28-7-5-3-1-2-4-6-8-32/h11-27,32H,1-10H2/t11-,12-,13-,14-,15+,16+,17+,18+,19+,20-/m1/s1. The summed E-state index contributed by atoms with van der Waals surface area (Å²) < 4.78 is 21.9. The SMILES string of the molecule is OC[C@H]1O[C@H](O[C@@H]2[C@H](O)[C@@H](OCCCCCCCCS)O[C@H](CO)[C@H]2O)[C@@H](O)[C@@H](O)[C@@H]1O. The fourth-order valence-corrected chi connectivity index (χ4v) is 4.03. The van der Waals surface area contributed by atoms with Crippen LogP contribution in [0.5, 0.6) is 0 Å². The molecule has 2 saturated heterocycles. The van der Waals surface area contributed by atoms with Gasteiger partial charge in [0.25, 0.3) is 0 Å². The maximum absolute atomic E-state index is 10.6. The van der Waals surface area contributed by atoms with Crippen LogP contribution in [0.2, 0.25) is 0 Å². The number of rotatable bonds is 13.